The molecule has 0 unspecified atom stereocenters. The molecule has 0 fully saturated rings. The molecule has 0 aromatic rings. The Labute approximate surface area is 465 Å². The summed E-state index contributed by atoms with van der Waals surface area (Å²) in [5.41, 5.74) is 0. The molecule has 12 nitrogen and oxygen atoms in total. The molecule has 0 amide bonds. The smallest absolute Gasteiger partial charge is 0.384 e. The molecule has 0 aliphatic carbocycles. The summed E-state index contributed by atoms with van der Waals surface area (Å²) in [5, 5.41) is 9.21. The van der Waals surface area contributed by atoms with Crippen LogP contribution in [0.1, 0.15) is 110 Å². The van der Waals surface area contributed by atoms with E-state index in [-0.39, 0.29) is 45.6 Å². The zero-order chi connectivity index (χ0) is 54.2. The van der Waals surface area contributed by atoms with Gasteiger partial charge in [-0.15, -0.1) is 66.3 Å². The number of esters is 6. The largest absolute Gasteiger partial charge is 0.462 e. The van der Waals surface area contributed by atoms with E-state index in [0.717, 1.165) is 60.9 Å². The number of carbonyl (C=O) groups excluding carboxylic acids is 6. The first kappa shape index (κ1) is 74.6. The third-order valence-electron chi connectivity index (χ3n) is 7.75. The zero-order valence-corrected chi connectivity index (χ0v) is 47.8. The van der Waals surface area contributed by atoms with Gasteiger partial charge in [0.25, 0.3) is 0 Å². The number of terminal acetylenes is 3. The summed E-state index contributed by atoms with van der Waals surface area (Å²) in [5.74, 6) is 14.6. The first-order valence-corrected chi connectivity index (χ1v) is 29.5. The highest BCUT2D eigenvalue weighted by Gasteiger charge is 2.02. The van der Waals surface area contributed by atoms with Crippen molar-refractivity contribution in [2.24, 2.45) is 0 Å². The maximum absolute atomic E-state index is 11.8. The molecule has 0 rings (SSSR count). The Morgan fingerprint density at radius 1 is 0.444 bits per heavy atom. The Balaban J connectivity index is -0.000000660. The number of hydrogen-bond acceptors (Lipinski definition) is 19. The molecular weight excluding hydrogens is 1050 g/mol. The minimum Gasteiger partial charge on any atom is -0.462 e. The van der Waals surface area contributed by atoms with Crippen LogP contribution in [0.2, 0.25) is 0 Å². The topological polar surface area (TPSA) is 158 Å². The van der Waals surface area contributed by atoms with Crippen molar-refractivity contribution in [2.75, 3.05) is 74.7 Å². The standard InChI is InChI=1S/C32H50O8S4.C9H8O4.C6H14S2.C6H2S/c1-3-4-5-6-9-22-42-26-15-30(34)39-20-13-21-40-32(36)17-28-44-24-11-8-7-10-23-43-27-16-31(35)38-19-12-18-37-29(33)14-25-41-2;1-3-8(10)12-6-5-7-13-9(11)4-2;7-5-3-1-2-4-6-8;1-2-3-4-5-6-7/h14-17,25-28H,3-13,18-24H2,1-2H3;1-2H,5-7H2;7-8H,1-6H2;1,7H/b25-14-,26-15+,27-16-,28-17+;;;. The second-order valence-corrected chi connectivity index (χ2v) is 18.6. The van der Waals surface area contributed by atoms with Gasteiger partial charge in [-0.05, 0) is 118 Å². The minimum absolute atomic E-state index is 0.112. The lowest BCUT2D eigenvalue weighted by atomic mass is 10.2. The van der Waals surface area contributed by atoms with Crippen LogP contribution >= 0.6 is 84.9 Å². The summed E-state index contributed by atoms with van der Waals surface area (Å²) in [6.07, 6.45) is 38.6. The summed E-state index contributed by atoms with van der Waals surface area (Å²) < 4.78 is 29.2. The molecule has 0 aliphatic heterocycles. The van der Waals surface area contributed by atoms with E-state index in [0.29, 0.717) is 19.3 Å². The first-order chi connectivity index (χ1) is 35.0. The molecule has 0 saturated carbocycles. The zero-order valence-electron chi connectivity index (χ0n) is 41.8. The van der Waals surface area contributed by atoms with Gasteiger partial charge >= 0.3 is 35.8 Å². The van der Waals surface area contributed by atoms with Gasteiger partial charge in [-0.25, -0.2) is 28.8 Å². The van der Waals surface area contributed by atoms with Crippen LogP contribution in [0.3, 0.4) is 0 Å². The van der Waals surface area contributed by atoms with E-state index in [1.54, 1.807) is 68.8 Å². The maximum Gasteiger partial charge on any atom is 0.384 e. The second-order valence-electron chi connectivity index (χ2n) is 13.7. The Bertz CT molecular complexity index is 1760. The minimum atomic E-state index is -0.733. The van der Waals surface area contributed by atoms with Crippen molar-refractivity contribution in [3.8, 4) is 60.0 Å². The number of rotatable bonds is 38. The fourth-order valence-electron chi connectivity index (χ4n) is 4.30. The molecule has 0 aromatic heterocycles. The molecule has 0 aromatic carbocycles. The molecule has 0 aliphatic rings. The summed E-state index contributed by atoms with van der Waals surface area (Å²) >= 11 is 18.0. The van der Waals surface area contributed by atoms with Crippen molar-refractivity contribution in [3.63, 3.8) is 0 Å². The van der Waals surface area contributed by atoms with E-state index in [4.69, 9.17) is 38.2 Å². The predicted octanol–water partition coefficient (Wildman–Crippen LogP) is 10.7. The number of hydrogen-bond donors (Lipinski definition) is 3. The van der Waals surface area contributed by atoms with Crippen molar-refractivity contribution in [3.05, 3.63) is 45.9 Å². The van der Waals surface area contributed by atoms with Gasteiger partial charge in [-0.2, -0.15) is 25.3 Å². The van der Waals surface area contributed by atoms with Crippen LogP contribution in [-0.2, 0) is 57.2 Å². The lowest BCUT2D eigenvalue weighted by Crippen LogP contribution is -2.08. The number of unbranched alkanes of at least 4 members (excludes halogenated alkanes) is 10. The van der Waals surface area contributed by atoms with Crippen LogP contribution in [0.5, 0.6) is 0 Å². The molecule has 0 atom stereocenters. The van der Waals surface area contributed by atoms with Crippen LogP contribution in [0.4, 0.5) is 0 Å². The van der Waals surface area contributed by atoms with E-state index >= 15 is 0 Å². The summed E-state index contributed by atoms with van der Waals surface area (Å²) in [7, 11) is 0. The summed E-state index contributed by atoms with van der Waals surface area (Å²) in [6.45, 7) is 3.27. The summed E-state index contributed by atoms with van der Waals surface area (Å²) in [4.78, 5) is 67.1. The van der Waals surface area contributed by atoms with Crippen molar-refractivity contribution in [1.29, 1.82) is 0 Å². The molecule has 0 N–H and O–H groups in total. The van der Waals surface area contributed by atoms with Crippen LogP contribution in [0.25, 0.3) is 0 Å². The molecule has 72 heavy (non-hydrogen) atoms. The molecule has 0 spiro atoms. The van der Waals surface area contributed by atoms with Gasteiger partial charge in [-0.3, -0.25) is 0 Å². The van der Waals surface area contributed by atoms with Crippen LogP contribution < -0.4 is 0 Å². The molecule has 0 saturated heterocycles. The van der Waals surface area contributed by atoms with Gasteiger partial charge in [0, 0.05) is 55.4 Å². The molecular formula is C53H74O12S7. The van der Waals surface area contributed by atoms with E-state index in [2.05, 4.69) is 83.2 Å². The predicted molar refractivity (Wildman–Crippen MR) is 311 cm³/mol. The number of thiol groups is 3. The van der Waals surface area contributed by atoms with Gasteiger partial charge in [0.2, 0.25) is 0 Å². The van der Waals surface area contributed by atoms with Crippen LogP contribution in [0, 0.1) is 60.0 Å². The number of ether oxygens (including phenoxy) is 6. The van der Waals surface area contributed by atoms with Gasteiger partial charge in [0.1, 0.15) is 0 Å². The quantitative estimate of drug-likeness (QED) is 0.0102. The fraction of sp³-hybridized carbons (Fsp3) is 0.547. The lowest BCUT2D eigenvalue weighted by molar-refractivity contribution is -0.142. The second kappa shape index (κ2) is 67.0. The highest BCUT2D eigenvalue weighted by molar-refractivity contribution is 8.02. The van der Waals surface area contributed by atoms with E-state index in [9.17, 15) is 28.8 Å². The SMILES string of the molecule is C#CC#CC#CS.C#CC(=O)OCCCOC(=O)C#C.CCCCCCCS/C=C/C(=O)OCCCOC(=O)/C=C/SCCCCCCS/C=C\C(=O)OCCCOC(=O)/C=C\SC.SCCCCCCS. The van der Waals surface area contributed by atoms with Gasteiger partial charge in [0.15, 0.2) is 0 Å². The highest BCUT2D eigenvalue weighted by atomic mass is 32.2. The van der Waals surface area contributed by atoms with Crippen molar-refractivity contribution in [1.82, 2.24) is 0 Å². The van der Waals surface area contributed by atoms with E-state index in [1.807, 2.05) is 6.26 Å². The monoisotopic (exact) mass is 1130 g/mol. The van der Waals surface area contributed by atoms with E-state index in [1.165, 1.54) is 87.4 Å². The van der Waals surface area contributed by atoms with Crippen LogP contribution in [0.15, 0.2) is 45.9 Å². The number of thioether (sulfide) groups is 4. The highest BCUT2D eigenvalue weighted by Crippen LogP contribution is 2.13. The Kier molecular flexibility index (Phi) is 69.4. The fourth-order valence-corrected chi connectivity index (χ4v) is 7.19. The van der Waals surface area contributed by atoms with Crippen molar-refractivity contribution < 1.29 is 57.2 Å². The van der Waals surface area contributed by atoms with E-state index < -0.39 is 29.8 Å². The average Bonchev–Trinajstić information content (AvgIpc) is 3.38. The van der Waals surface area contributed by atoms with Crippen molar-refractivity contribution >= 4 is 121 Å². The maximum atomic E-state index is 11.8. The van der Waals surface area contributed by atoms with Crippen LogP contribution in [-0.4, -0.2) is 110 Å². The van der Waals surface area contributed by atoms with Crippen molar-refractivity contribution in [2.45, 2.75) is 110 Å². The number of carbonyl (C=O) groups is 6. The normalized spacial score (nSPS) is 9.92. The average molecular weight is 1130 g/mol. The van der Waals surface area contributed by atoms with Gasteiger partial charge < -0.3 is 28.4 Å². The Morgan fingerprint density at radius 3 is 1.08 bits per heavy atom. The molecule has 0 bridgehead atoms. The third-order valence-corrected chi connectivity index (χ3v) is 11.5. The Hall–Kier alpha value is -3.97. The molecule has 0 radical (unpaired) electrons. The third kappa shape index (κ3) is 72.6. The van der Waals surface area contributed by atoms with Gasteiger partial charge in [-0.1, -0.05) is 70.9 Å². The molecule has 19 heteroatoms. The van der Waals surface area contributed by atoms with Gasteiger partial charge in [0.05, 0.1) is 39.6 Å². The first-order valence-electron chi connectivity index (χ1n) is 23.3. The summed E-state index contributed by atoms with van der Waals surface area (Å²) in [6, 6.07) is 0. The molecule has 400 valence electrons. The Morgan fingerprint density at radius 2 is 0.778 bits per heavy atom. The lowest BCUT2D eigenvalue weighted by Gasteiger charge is -2.03. The molecule has 0 heterocycles.